The fourth-order valence-electron chi connectivity index (χ4n) is 5.25. The van der Waals surface area contributed by atoms with Gasteiger partial charge in [0.05, 0.1) is 6.42 Å². The number of benzene rings is 2. The Labute approximate surface area is 187 Å². The molecule has 2 aromatic rings. The maximum Gasteiger partial charge on any atom is 0.307 e. The van der Waals surface area contributed by atoms with E-state index in [9.17, 15) is 23.5 Å². The molecule has 1 saturated carbocycles. The number of carboxylic acids is 1. The molecule has 0 saturated heterocycles. The van der Waals surface area contributed by atoms with Gasteiger partial charge in [-0.05, 0) is 72.6 Å². The lowest BCUT2D eigenvalue weighted by molar-refractivity contribution is -0.140. The van der Waals surface area contributed by atoms with E-state index in [2.05, 4.69) is 0 Å². The van der Waals surface area contributed by atoms with Crippen molar-refractivity contribution in [3.8, 4) is 11.1 Å². The van der Waals surface area contributed by atoms with Gasteiger partial charge in [0.1, 0.15) is 0 Å². The lowest BCUT2D eigenvalue weighted by Gasteiger charge is -2.30. The van der Waals surface area contributed by atoms with Crippen molar-refractivity contribution in [1.29, 1.82) is 0 Å². The SMILES string of the molecule is Cc1ccc(-c2c(C)c3c(c(C)c2CC(=O)O)CN(C(=O)C2CCC(F)(F)CC2)C3)cc1. The maximum absolute atomic E-state index is 13.5. The third-order valence-corrected chi connectivity index (χ3v) is 7.14. The molecule has 32 heavy (non-hydrogen) atoms. The van der Waals surface area contributed by atoms with E-state index >= 15 is 0 Å². The van der Waals surface area contributed by atoms with Gasteiger partial charge in [0, 0.05) is 31.8 Å². The molecule has 1 aliphatic carbocycles. The van der Waals surface area contributed by atoms with E-state index in [1.54, 1.807) is 4.90 Å². The van der Waals surface area contributed by atoms with Crippen LogP contribution in [-0.4, -0.2) is 27.8 Å². The largest absolute Gasteiger partial charge is 0.481 e. The summed E-state index contributed by atoms with van der Waals surface area (Å²) in [6.07, 6.45) is -0.120. The molecule has 0 aromatic heterocycles. The molecule has 0 unspecified atom stereocenters. The van der Waals surface area contributed by atoms with Crippen molar-refractivity contribution in [3.05, 3.63) is 57.6 Å². The Morgan fingerprint density at radius 2 is 1.56 bits per heavy atom. The molecule has 0 bridgehead atoms. The Balaban J connectivity index is 1.70. The van der Waals surface area contributed by atoms with Crippen molar-refractivity contribution in [2.45, 2.75) is 71.9 Å². The summed E-state index contributed by atoms with van der Waals surface area (Å²) in [5.41, 5.74) is 7.77. The van der Waals surface area contributed by atoms with Crippen LogP contribution in [0.5, 0.6) is 0 Å². The van der Waals surface area contributed by atoms with Crippen molar-refractivity contribution in [1.82, 2.24) is 4.90 Å². The van der Waals surface area contributed by atoms with Crippen molar-refractivity contribution < 1.29 is 23.5 Å². The molecule has 1 fully saturated rings. The molecule has 0 radical (unpaired) electrons. The standard InChI is InChI=1S/C26H29F2NO3/c1-15-4-6-18(7-5-15)24-17(3)22-14-29(13-21(22)16(2)20(24)12-23(30)31)25(32)19-8-10-26(27,28)11-9-19/h4-7,19H,8-14H2,1-3H3,(H,30,31). The summed E-state index contributed by atoms with van der Waals surface area (Å²) in [5.74, 6) is -3.98. The first-order valence-corrected chi connectivity index (χ1v) is 11.2. The fourth-order valence-corrected chi connectivity index (χ4v) is 5.25. The average Bonchev–Trinajstić information content (AvgIpc) is 3.18. The number of carboxylic acid groups (broad SMARTS) is 1. The zero-order valence-electron chi connectivity index (χ0n) is 18.8. The van der Waals surface area contributed by atoms with E-state index < -0.39 is 11.9 Å². The first-order chi connectivity index (χ1) is 15.1. The molecule has 4 nitrogen and oxygen atoms in total. The van der Waals surface area contributed by atoms with Crippen LogP contribution in [0.3, 0.4) is 0 Å². The summed E-state index contributed by atoms with van der Waals surface area (Å²) < 4.78 is 27.1. The minimum absolute atomic E-state index is 0.0628. The van der Waals surface area contributed by atoms with Crippen LogP contribution in [0.4, 0.5) is 8.78 Å². The van der Waals surface area contributed by atoms with Crippen molar-refractivity contribution in [2.24, 2.45) is 5.92 Å². The van der Waals surface area contributed by atoms with Gasteiger partial charge in [0.2, 0.25) is 11.8 Å². The summed E-state index contributed by atoms with van der Waals surface area (Å²) in [7, 11) is 0. The van der Waals surface area contributed by atoms with E-state index in [0.717, 1.165) is 44.5 Å². The molecule has 0 spiro atoms. The molecular formula is C26H29F2NO3. The number of carbonyl (C=O) groups excluding carboxylic acids is 1. The van der Waals surface area contributed by atoms with E-state index in [1.807, 2.05) is 45.0 Å². The van der Waals surface area contributed by atoms with Gasteiger partial charge in [-0.3, -0.25) is 9.59 Å². The Morgan fingerprint density at radius 3 is 2.12 bits per heavy atom. The van der Waals surface area contributed by atoms with Crippen molar-refractivity contribution >= 4 is 11.9 Å². The number of aryl methyl sites for hydroxylation is 1. The second kappa shape index (κ2) is 8.30. The van der Waals surface area contributed by atoms with E-state index in [4.69, 9.17) is 0 Å². The molecule has 2 aromatic carbocycles. The Kier molecular flexibility index (Phi) is 5.82. The van der Waals surface area contributed by atoms with Crippen LogP contribution in [0.25, 0.3) is 11.1 Å². The smallest absolute Gasteiger partial charge is 0.307 e. The highest BCUT2D eigenvalue weighted by Crippen LogP contribution is 2.42. The lowest BCUT2D eigenvalue weighted by Crippen LogP contribution is -2.36. The number of rotatable bonds is 4. The van der Waals surface area contributed by atoms with Crippen LogP contribution >= 0.6 is 0 Å². The number of aliphatic carboxylic acids is 1. The highest BCUT2D eigenvalue weighted by Gasteiger charge is 2.40. The molecule has 1 N–H and O–H groups in total. The highest BCUT2D eigenvalue weighted by atomic mass is 19.3. The van der Waals surface area contributed by atoms with Gasteiger partial charge < -0.3 is 10.0 Å². The summed E-state index contributed by atoms with van der Waals surface area (Å²) in [4.78, 5) is 26.6. The Morgan fingerprint density at radius 1 is 1.00 bits per heavy atom. The second-order valence-electron chi connectivity index (χ2n) is 9.32. The predicted octanol–water partition coefficient (Wildman–Crippen LogP) is 5.57. The fraction of sp³-hybridized carbons (Fsp3) is 0.462. The molecule has 1 aliphatic heterocycles. The van der Waals surface area contributed by atoms with Crippen LogP contribution in [0.2, 0.25) is 0 Å². The molecular weight excluding hydrogens is 412 g/mol. The van der Waals surface area contributed by atoms with Crippen molar-refractivity contribution in [2.75, 3.05) is 0 Å². The topological polar surface area (TPSA) is 57.6 Å². The summed E-state index contributed by atoms with van der Waals surface area (Å²) >= 11 is 0. The first-order valence-electron chi connectivity index (χ1n) is 11.2. The van der Waals surface area contributed by atoms with Crippen LogP contribution in [0.1, 0.15) is 59.1 Å². The Bertz CT molecular complexity index is 1070. The van der Waals surface area contributed by atoms with E-state index in [0.29, 0.717) is 13.1 Å². The molecule has 1 amide bonds. The minimum atomic E-state index is -2.66. The molecule has 6 heteroatoms. The zero-order valence-corrected chi connectivity index (χ0v) is 18.8. The van der Waals surface area contributed by atoms with Gasteiger partial charge in [-0.25, -0.2) is 8.78 Å². The van der Waals surface area contributed by atoms with Crippen LogP contribution in [0, 0.1) is 26.7 Å². The third kappa shape index (κ3) is 4.15. The predicted molar refractivity (Wildman–Crippen MR) is 119 cm³/mol. The minimum Gasteiger partial charge on any atom is -0.481 e. The number of halogens is 2. The molecule has 0 atom stereocenters. The molecule has 4 rings (SSSR count). The first kappa shape index (κ1) is 22.4. The van der Waals surface area contributed by atoms with Gasteiger partial charge >= 0.3 is 5.97 Å². The molecule has 2 aliphatic rings. The number of fused-ring (bicyclic) bond motifs is 1. The van der Waals surface area contributed by atoms with Crippen LogP contribution in [0.15, 0.2) is 24.3 Å². The number of hydrogen-bond acceptors (Lipinski definition) is 2. The van der Waals surface area contributed by atoms with Crippen LogP contribution in [-0.2, 0) is 29.1 Å². The summed E-state index contributed by atoms with van der Waals surface area (Å²) in [6, 6.07) is 8.04. The van der Waals surface area contributed by atoms with Gasteiger partial charge in [0.25, 0.3) is 0 Å². The third-order valence-electron chi connectivity index (χ3n) is 7.14. The van der Waals surface area contributed by atoms with E-state index in [1.165, 1.54) is 0 Å². The zero-order chi connectivity index (χ0) is 23.2. The average molecular weight is 442 g/mol. The molecule has 170 valence electrons. The number of amides is 1. The van der Waals surface area contributed by atoms with Gasteiger partial charge in [-0.15, -0.1) is 0 Å². The van der Waals surface area contributed by atoms with Gasteiger partial charge in [-0.1, -0.05) is 29.8 Å². The number of nitrogens with zero attached hydrogens (tertiary/aromatic N) is 1. The summed E-state index contributed by atoms with van der Waals surface area (Å²) in [5, 5.41) is 9.57. The summed E-state index contributed by atoms with van der Waals surface area (Å²) in [6.45, 7) is 6.79. The quantitative estimate of drug-likeness (QED) is 0.675. The monoisotopic (exact) mass is 441 g/mol. The maximum atomic E-state index is 13.5. The lowest BCUT2D eigenvalue weighted by atomic mass is 9.84. The van der Waals surface area contributed by atoms with Crippen molar-refractivity contribution in [3.63, 3.8) is 0 Å². The molecule has 1 heterocycles. The Hall–Kier alpha value is -2.76. The number of alkyl halides is 2. The van der Waals surface area contributed by atoms with E-state index in [-0.39, 0.29) is 43.9 Å². The highest BCUT2D eigenvalue weighted by molar-refractivity contribution is 5.84. The normalized spacial score (nSPS) is 18.0. The number of hydrogen-bond donors (Lipinski definition) is 1. The van der Waals surface area contributed by atoms with Gasteiger partial charge in [0.15, 0.2) is 0 Å². The number of carbonyl (C=O) groups is 2. The van der Waals surface area contributed by atoms with Crippen LogP contribution < -0.4 is 0 Å². The second-order valence-corrected chi connectivity index (χ2v) is 9.32. The van der Waals surface area contributed by atoms with Gasteiger partial charge in [-0.2, -0.15) is 0 Å².